The van der Waals surface area contributed by atoms with Gasteiger partial charge in [0.1, 0.15) is 0 Å². The first-order chi connectivity index (χ1) is 8.70. The third-order valence-corrected chi connectivity index (χ3v) is 3.33. The molecule has 1 atom stereocenters. The summed E-state index contributed by atoms with van der Waals surface area (Å²) in [5.41, 5.74) is 1.08. The first kappa shape index (κ1) is 13.0. The molecule has 1 amide bonds. The lowest BCUT2D eigenvalue weighted by Gasteiger charge is -2.39. The Morgan fingerprint density at radius 3 is 3.06 bits per heavy atom. The summed E-state index contributed by atoms with van der Waals surface area (Å²) >= 11 is 0. The molecule has 0 aliphatic carbocycles. The van der Waals surface area contributed by atoms with E-state index in [2.05, 4.69) is 15.2 Å². The maximum Gasteiger partial charge on any atom is 0.237 e. The number of hydrogen-bond donors (Lipinski definition) is 1. The Kier molecular flexibility index (Phi) is 4.28. The second-order valence-corrected chi connectivity index (χ2v) is 4.76. The smallest absolute Gasteiger partial charge is 0.237 e. The van der Waals surface area contributed by atoms with Gasteiger partial charge in [-0.15, -0.1) is 0 Å². The Bertz CT molecular complexity index is 395. The molecule has 18 heavy (non-hydrogen) atoms. The van der Waals surface area contributed by atoms with E-state index in [9.17, 15) is 4.79 Å². The van der Waals surface area contributed by atoms with Gasteiger partial charge >= 0.3 is 0 Å². The molecule has 1 N–H and O–H groups in total. The molecule has 5 heteroatoms. The van der Waals surface area contributed by atoms with Gasteiger partial charge < -0.3 is 10.2 Å². The number of carbonyl (C=O) groups is 1. The van der Waals surface area contributed by atoms with Crippen molar-refractivity contribution in [3.63, 3.8) is 0 Å². The highest BCUT2D eigenvalue weighted by molar-refractivity contribution is 5.79. The van der Waals surface area contributed by atoms with Crippen LogP contribution in [0, 0.1) is 0 Å². The van der Waals surface area contributed by atoms with E-state index in [0.29, 0.717) is 19.1 Å². The highest BCUT2D eigenvalue weighted by Gasteiger charge is 2.29. The standard InChI is InChI=1S/C13H20N4O/c1-14-7-12-9-17(13(18)10-16(12)2)8-11-4-3-5-15-6-11/h3-6,12,14H,7-10H2,1-2H3. The van der Waals surface area contributed by atoms with Crippen molar-refractivity contribution in [1.29, 1.82) is 0 Å². The van der Waals surface area contributed by atoms with Crippen LogP contribution in [0.1, 0.15) is 5.56 Å². The molecule has 1 fully saturated rings. The molecule has 0 bridgehead atoms. The fourth-order valence-corrected chi connectivity index (χ4v) is 2.26. The summed E-state index contributed by atoms with van der Waals surface area (Å²) in [5, 5.41) is 3.18. The Morgan fingerprint density at radius 2 is 2.39 bits per heavy atom. The van der Waals surface area contributed by atoms with Gasteiger partial charge in [-0.25, -0.2) is 0 Å². The average molecular weight is 248 g/mol. The lowest BCUT2D eigenvalue weighted by Crippen LogP contribution is -2.57. The molecule has 2 rings (SSSR count). The lowest BCUT2D eigenvalue weighted by molar-refractivity contribution is -0.138. The summed E-state index contributed by atoms with van der Waals surface area (Å²) in [5.74, 6) is 0.189. The zero-order chi connectivity index (χ0) is 13.0. The highest BCUT2D eigenvalue weighted by Crippen LogP contribution is 2.12. The summed E-state index contributed by atoms with van der Waals surface area (Å²) in [6, 6.07) is 4.29. The number of aromatic nitrogens is 1. The van der Waals surface area contributed by atoms with Gasteiger partial charge in [-0.1, -0.05) is 6.07 Å². The van der Waals surface area contributed by atoms with Gasteiger partial charge in [0.05, 0.1) is 6.54 Å². The molecule has 1 unspecified atom stereocenters. The summed E-state index contributed by atoms with van der Waals surface area (Å²) < 4.78 is 0. The molecular formula is C13H20N4O. The number of rotatable bonds is 4. The monoisotopic (exact) mass is 248 g/mol. The second kappa shape index (κ2) is 5.93. The van der Waals surface area contributed by atoms with Gasteiger partial charge in [0.25, 0.3) is 0 Å². The number of carbonyl (C=O) groups excluding carboxylic acids is 1. The normalized spacial score (nSPS) is 21.3. The van der Waals surface area contributed by atoms with Crippen LogP contribution < -0.4 is 5.32 Å². The Labute approximate surface area is 108 Å². The van der Waals surface area contributed by atoms with Gasteiger partial charge in [-0.2, -0.15) is 0 Å². The molecule has 0 radical (unpaired) electrons. The number of nitrogens with zero attached hydrogens (tertiary/aromatic N) is 3. The van der Waals surface area contributed by atoms with Crippen molar-refractivity contribution in [3.8, 4) is 0 Å². The molecule has 1 aromatic heterocycles. The Morgan fingerprint density at radius 1 is 1.56 bits per heavy atom. The fourth-order valence-electron chi connectivity index (χ4n) is 2.26. The van der Waals surface area contributed by atoms with E-state index >= 15 is 0 Å². The summed E-state index contributed by atoms with van der Waals surface area (Å²) in [6.07, 6.45) is 3.57. The van der Waals surface area contributed by atoms with Gasteiger partial charge in [0.2, 0.25) is 5.91 Å². The maximum absolute atomic E-state index is 12.0. The molecule has 0 aromatic carbocycles. The van der Waals surface area contributed by atoms with Crippen LogP contribution in [0.15, 0.2) is 24.5 Å². The maximum atomic E-state index is 12.0. The predicted octanol–water partition coefficient (Wildman–Crippen LogP) is -0.0564. The number of likely N-dealkylation sites (N-methyl/N-ethyl adjacent to an activating group) is 2. The SMILES string of the molecule is CNCC1CN(Cc2cccnc2)C(=O)CN1C. The number of nitrogens with one attached hydrogen (secondary N) is 1. The minimum atomic E-state index is 0.189. The van der Waals surface area contributed by atoms with Crippen molar-refractivity contribution in [3.05, 3.63) is 30.1 Å². The second-order valence-electron chi connectivity index (χ2n) is 4.76. The van der Waals surface area contributed by atoms with Gasteiger partial charge in [0, 0.05) is 38.1 Å². The lowest BCUT2D eigenvalue weighted by atomic mass is 10.1. The van der Waals surface area contributed by atoms with Gasteiger partial charge in [0.15, 0.2) is 0 Å². The molecule has 1 aliphatic heterocycles. The Hall–Kier alpha value is -1.46. The van der Waals surface area contributed by atoms with Crippen LogP contribution in [0.2, 0.25) is 0 Å². The highest BCUT2D eigenvalue weighted by atomic mass is 16.2. The molecule has 98 valence electrons. The molecule has 2 heterocycles. The largest absolute Gasteiger partial charge is 0.336 e. The number of hydrogen-bond acceptors (Lipinski definition) is 4. The van der Waals surface area contributed by atoms with Crippen LogP contribution >= 0.6 is 0 Å². The molecule has 1 aliphatic rings. The molecule has 0 spiro atoms. The van der Waals surface area contributed by atoms with Crippen molar-refractivity contribution >= 4 is 5.91 Å². The molecule has 1 saturated heterocycles. The van der Waals surface area contributed by atoms with Crippen LogP contribution in [0.4, 0.5) is 0 Å². The van der Waals surface area contributed by atoms with E-state index in [-0.39, 0.29) is 5.91 Å². The predicted molar refractivity (Wildman–Crippen MR) is 70.0 cm³/mol. The first-order valence-corrected chi connectivity index (χ1v) is 6.22. The molecule has 0 saturated carbocycles. The first-order valence-electron chi connectivity index (χ1n) is 6.22. The topological polar surface area (TPSA) is 48.5 Å². The van der Waals surface area contributed by atoms with Crippen molar-refractivity contribution in [1.82, 2.24) is 20.1 Å². The van der Waals surface area contributed by atoms with Crippen molar-refractivity contribution in [2.75, 3.05) is 33.7 Å². The fraction of sp³-hybridized carbons (Fsp3) is 0.538. The summed E-state index contributed by atoms with van der Waals surface area (Å²) in [6.45, 7) is 2.81. The van der Waals surface area contributed by atoms with Crippen LogP contribution in [-0.4, -0.2) is 60.5 Å². The van der Waals surface area contributed by atoms with Crippen LogP contribution in [0.25, 0.3) is 0 Å². The number of pyridine rings is 1. The van der Waals surface area contributed by atoms with E-state index in [1.807, 2.05) is 37.3 Å². The number of piperazine rings is 1. The summed E-state index contributed by atoms with van der Waals surface area (Å²) in [7, 11) is 3.94. The molecule has 1 aromatic rings. The van der Waals surface area contributed by atoms with Crippen LogP contribution in [0.5, 0.6) is 0 Å². The van der Waals surface area contributed by atoms with Crippen LogP contribution in [0.3, 0.4) is 0 Å². The third-order valence-electron chi connectivity index (χ3n) is 3.33. The van der Waals surface area contributed by atoms with E-state index in [1.165, 1.54) is 0 Å². The van der Waals surface area contributed by atoms with Gasteiger partial charge in [-0.05, 0) is 25.7 Å². The van der Waals surface area contributed by atoms with Crippen molar-refractivity contribution in [2.24, 2.45) is 0 Å². The number of amides is 1. The quantitative estimate of drug-likeness (QED) is 0.811. The van der Waals surface area contributed by atoms with Crippen molar-refractivity contribution in [2.45, 2.75) is 12.6 Å². The van der Waals surface area contributed by atoms with Gasteiger partial charge in [-0.3, -0.25) is 14.7 Å². The van der Waals surface area contributed by atoms with Crippen LogP contribution in [-0.2, 0) is 11.3 Å². The van der Waals surface area contributed by atoms with E-state index in [1.54, 1.807) is 6.20 Å². The minimum absolute atomic E-state index is 0.189. The molecule has 5 nitrogen and oxygen atoms in total. The average Bonchev–Trinajstić information content (AvgIpc) is 2.37. The molecular weight excluding hydrogens is 228 g/mol. The Balaban J connectivity index is 2.01. The zero-order valence-corrected chi connectivity index (χ0v) is 11.0. The minimum Gasteiger partial charge on any atom is -0.336 e. The van der Waals surface area contributed by atoms with Crippen molar-refractivity contribution < 1.29 is 4.79 Å². The van der Waals surface area contributed by atoms with E-state index in [0.717, 1.165) is 18.7 Å². The van der Waals surface area contributed by atoms with E-state index < -0.39 is 0 Å². The van der Waals surface area contributed by atoms with E-state index in [4.69, 9.17) is 0 Å². The zero-order valence-electron chi connectivity index (χ0n) is 11.0. The third kappa shape index (κ3) is 3.05. The summed E-state index contributed by atoms with van der Waals surface area (Å²) in [4.78, 5) is 20.1.